The summed E-state index contributed by atoms with van der Waals surface area (Å²) in [6, 6.07) is 1.40. The largest absolute Gasteiger partial charge is 0.506 e. The van der Waals surface area contributed by atoms with E-state index in [0.717, 1.165) is 17.0 Å². The molecule has 1 atom stereocenters. The number of aromatic nitrogens is 3. The van der Waals surface area contributed by atoms with Gasteiger partial charge in [-0.2, -0.15) is 5.10 Å². The summed E-state index contributed by atoms with van der Waals surface area (Å²) in [6.07, 6.45) is 6.09. The van der Waals surface area contributed by atoms with Gasteiger partial charge in [-0.3, -0.25) is 14.9 Å². The molecular formula is C17H20N4O3. The highest BCUT2D eigenvalue weighted by Crippen LogP contribution is 2.28. The summed E-state index contributed by atoms with van der Waals surface area (Å²) >= 11 is 0. The molecule has 0 bridgehead atoms. The van der Waals surface area contributed by atoms with Crippen LogP contribution in [0.1, 0.15) is 28.6 Å². The molecule has 3 heterocycles. The second-order valence-electron chi connectivity index (χ2n) is 5.78. The summed E-state index contributed by atoms with van der Waals surface area (Å²) in [6.45, 7) is 5.36. The van der Waals surface area contributed by atoms with E-state index < -0.39 is 0 Å². The van der Waals surface area contributed by atoms with Crippen LogP contribution in [0.15, 0.2) is 24.5 Å². The predicted octanol–water partition coefficient (Wildman–Crippen LogP) is 1.74. The molecule has 1 fully saturated rings. The Bertz CT molecular complexity index is 749. The van der Waals surface area contributed by atoms with Gasteiger partial charge in [0.1, 0.15) is 5.75 Å². The molecule has 126 valence electrons. The number of carbonyl (C=O) groups excluding carboxylic acids is 1. The molecular weight excluding hydrogens is 308 g/mol. The van der Waals surface area contributed by atoms with Crippen LogP contribution in [-0.4, -0.2) is 50.9 Å². The number of nitrogens with zero attached hydrogens (tertiary/aromatic N) is 3. The van der Waals surface area contributed by atoms with E-state index in [1.807, 2.05) is 13.8 Å². The van der Waals surface area contributed by atoms with E-state index in [9.17, 15) is 9.90 Å². The number of ether oxygens (including phenoxy) is 1. The van der Waals surface area contributed by atoms with Crippen molar-refractivity contribution in [2.45, 2.75) is 19.9 Å². The van der Waals surface area contributed by atoms with Gasteiger partial charge in [-0.15, -0.1) is 0 Å². The second-order valence-corrected chi connectivity index (χ2v) is 5.78. The number of aromatic amines is 1. The number of pyridine rings is 1. The van der Waals surface area contributed by atoms with Crippen molar-refractivity contribution in [1.29, 1.82) is 0 Å². The number of hydrogen-bond donors (Lipinski definition) is 2. The number of aromatic hydroxyl groups is 1. The van der Waals surface area contributed by atoms with Crippen molar-refractivity contribution in [3.63, 3.8) is 0 Å². The third-order valence-electron chi connectivity index (χ3n) is 4.09. The predicted molar refractivity (Wildman–Crippen MR) is 88.3 cm³/mol. The lowest BCUT2D eigenvalue weighted by Crippen LogP contribution is -2.43. The molecule has 1 unspecified atom stereocenters. The molecule has 3 rings (SSSR count). The van der Waals surface area contributed by atoms with Crippen LogP contribution in [0.3, 0.4) is 0 Å². The summed E-state index contributed by atoms with van der Waals surface area (Å²) < 4.78 is 5.57. The van der Waals surface area contributed by atoms with Crippen LogP contribution in [0.4, 0.5) is 0 Å². The monoisotopic (exact) mass is 328 g/mol. The lowest BCUT2D eigenvalue weighted by molar-refractivity contribution is -0.134. The Labute approximate surface area is 140 Å². The first-order chi connectivity index (χ1) is 11.6. The van der Waals surface area contributed by atoms with Gasteiger partial charge in [0, 0.05) is 30.1 Å². The van der Waals surface area contributed by atoms with E-state index in [1.54, 1.807) is 23.2 Å². The Morgan fingerprint density at radius 2 is 2.29 bits per heavy atom. The number of amides is 1. The van der Waals surface area contributed by atoms with Crippen LogP contribution < -0.4 is 0 Å². The quantitative estimate of drug-likeness (QED) is 0.838. The normalized spacial score (nSPS) is 18.2. The molecule has 1 saturated heterocycles. The van der Waals surface area contributed by atoms with Gasteiger partial charge in [0.05, 0.1) is 31.1 Å². The van der Waals surface area contributed by atoms with Gasteiger partial charge in [-0.05, 0) is 31.6 Å². The highest BCUT2D eigenvalue weighted by Gasteiger charge is 2.30. The van der Waals surface area contributed by atoms with Crippen LogP contribution in [0, 0.1) is 13.8 Å². The average Bonchev–Trinajstić information content (AvgIpc) is 2.91. The van der Waals surface area contributed by atoms with Gasteiger partial charge in [0.25, 0.3) is 0 Å². The maximum absolute atomic E-state index is 12.7. The fourth-order valence-electron chi connectivity index (χ4n) is 2.96. The zero-order valence-corrected chi connectivity index (χ0v) is 13.7. The molecule has 2 aromatic heterocycles. The third-order valence-corrected chi connectivity index (χ3v) is 4.09. The zero-order chi connectivity index (χ0) is 17.1. The molecule has 0 saturated carbocycles. The smallest absolute Gasteiger partial charge is 0.247 e. The maximum atomic E-state index is 12.7. The molecule has 2 N–H and O–H groups in total. The van der Waals surface area contributed by atoms with Crippen molar-refractivity contribution in [3.8, 4) is 5.75 Å². The number of nitrogens with one attached hydrogen (secondary N) is 1. The van der Waals surface area contributed by atoms with E-state index in [0.29, 0.717) is 25.3 Å². The van der Waals surface area contributed by atoms with Gasteiger partial charge < -0.3 is 14.7 Å². The van der Waals surface area contributed by atoms with Crippen molar-refractivity contribution < 1.29 is 14.6 Å². The van der Waals surface area contributed by atoms with Crippen LogP contribution in [-0.2, 0) is 9.53 Å². The summed E-state index contributed by atoms with van der Waals surface area (Å²) in [5.74, 6) is -0.0369. The molecule has 0 radical (unpaired) electrons. The lowest BCUT2D eigenvalue weighted by Gasteiger charge is -2.35. The Morgan fingerprint density at radius 3 is 3.00 bits per heavy atom. The first-order valence-electron chi connectivity index (χ1n) is 7.78. The van der Waals surface area contributed by atoms with Crippen molar-refractivity contribution in [1.82, 2.24) is 20.1 Å². The minimum atomic E-state index is -0.156. The number of morpholine rings is 1. The molecule has 1 amide bonds. The van der Waals surface area contributed by atoms with E-state index in [2.05, 4.69) is 15.2 Å². The molecule has 24 heavy (non-hydrogen) atoms. The van der Waals surface area contributed by atoms with E-state index in [-0.39, 0.29) is 17.7 Å². The average molecular weight is 328 g/mol. The molecule has 0 spiro atoms. The number of H-pyrrole nitrogens is 1. The first-order valence-corrected chi connectivity index (χ1v) is 7.78. The van der Waals surface area contributed by atoms with Crippen LogP contribution >= 0.6 is 0 Å². The van der Waals surface area contributed by atoms with Crippen molar-refractivity contribution in [2.24, 2.45) is 0 Å². The van der Waals surface area contributed by atoms with E-state index >= 15 is 0 Å². The van der Waals surface area contributed by atoms with Crippen molar-refractivity contribution >= 4 is 12.0 Å². The van der Waals surface area contributed by atoms with Crippen LogP contribution in [0.5, 0.6) is 5.75 Å². The molecule has 0 aromatic carbocycles. The molecule has 0 aliphatic carbocycles. The third kappa shape index (κ3) is 3.30. The summed E-state index contributed by atoms with van der Waals surface area (Å²) in [4.78, 5) is 18.3. The number of rotatable bonds is 3. The highest BCUT2D eigenvalue weighted by molar-refractivity contribution is 5.92. The fraction of sp³-hybridized carbons (Fsp3) is 0.353. The number of aryl methyl sites for hydroxylation is 2. The lowest BCUT2D eigenvalue weighted by atomic mass is 10.0. The summed E-state index contributed by atoms with van der Waals surface area (Å²) in [5, 5.41) is 16.6. The van der Waals surface area contributed by atoms with E-state index in [1.165, 1.54) is 12.3 Å². The minimum Gasteiger partial charge on any atom is -0.506 e. The van der Waals surface area contributed by atoms with E-state index in [4.69, 9.17) is 4.74 Å². The molecule has 1 aliphatic rings. The number of carbonyl (C=O) groups is 1. The summed E-state index contributed by atoms with van der Waals surface area (Å²) in [7, 11) is 0. The topological polar surface area (TPSA) is 91.3 Å². The molecule has 7 heteroatoms. The summed E-state index contributed by atoms with van der Waals surface area (Å²) in [5.41, 5.74) is 3.50. The first kappa shape index (κ1) is 16.2. The molecule has 2 aromatic rings. The van der Waals surface area contributed by atoms with Crippen molar-refractivity contribution in [3.05, 3.63) is 47.1 Å². The zero-order valence-electron chi connectivity index (χ0n) is 13.7. The van der Waals surface area contributed by atoms with Gasteiger partial charge in [0.2, 0.25) is 5.91 Å². The molecule has 7 nitrogen and oxygen atoms in total. The van der Waals surface area contributed by atoms with Crippen molar-refractivity contribution in [2.75, 3.05) is 19.8 Å². The Balaban J connectivity index is 1.81. The number of hydrogen-bond acceptors (Lipinski definition) is 5. The second kappa shape index (κ2) is 6.84. The Hall–Kier alpha value is -2.67. The van der Waals surface area contributed by atoms with Gasteiger partial charge in [0.15, 0.2) is 0 Å². The standard InChI is InChI=1S/C17H20N4O3/c1-11-17(12(2)20-19-11)15-10-24-6-5-21(15)16(23)4-3-13-7-14(22)9-18-8-13/h3-4,7-9,15,22H,5-6,10H2,1-2H3,(H,19,20). The van der Waals surface area contributed by atoms with Crippen LogP contribution in [0.25, 0.3) is 6.08 Å². The molecule has 1 aliphatic heterocycles. The Morgan fingerprint density at radius 1 is 1.46 bits per heavy atom. The fourth-order valence-corrected chi connectivity index (χ4v) is 2.96. The minimum absolute atomic E-state index is 0.0681. The van der Waals surface area contributed by atoms with Gasteiger partial charge in [-0.25, -0.2) is 0 Å². The van der Waals surface area contributed by atoms with Crippen LogP contribution in [0.2, 0.25) is 0 Å². The highest BCUT2D eigenvalue weighted by atomic mass is 16.5. The van der Waals surface area contributed by atoms with Gasteiger partial charge >= 0.3 is 0 Å². The SMILES string of the molecule is Cc1n[nH]c(C)c1C1COCCN1C(=O)C=Cc1cncc(O)c1. The maximum Gasteiger partial charge on any atom is 0.247 e. The van der Waals surface area contributed by atoms with Gasteiger partial charge in [-0.1, -0.05) is 0 Å². The Kier molecular flexibility index (Phi) is 4.61.